The summed E-state index contributed by atoms with van der Waals surface area (Å²) in [6.45, 7) is 2.45. The molecule has 0 radical (unpaired) electrons. The Hall–Kier alpha value is -4.99. The number of ether oxygens (including phenoxy) is 4. The Labute approximate surface area is 218 Å². The molecule has 1 aromatic heterocycles. The van der Waals surface area contributed by atoms with Gasteiger partial charge in [0, 0.05) is 24.8 Å². The van der Waals surface area contributed by atoms with Crippen LogP contribution in [0.4, 0.5) is 11.4 Å². The van der Waals surface area contributed by atoms with Gasteiger partial charge in [-0.3, -0.25) is 9.59 Å². The summed E-state index contributed by atoms with van der Waals surface area (Å²) in [6, 6.07) is 17.8. The number of methoxy groups -OCH3 is 1. The lowest BCUT2D eigenvalue weighted by atomic mass is 10.1. The molecular weight excluding hydrogens is 488 g/mol. The molecule has 38 heavy (non-hydrogen) atoms. The number of hydrogen-bond donors (Lipinski definition) is 2. The number of aryl methyl sites for hydroxylation is 2. The molecule has 0 saturated carbocycles. The van der Waals surface area contributed by atoms with Gasteiger partial charge in [0.1, 0.15) is 0 Å². The van der Waals surface area contributed by atoms with Crippen LogP contribution in [-0.2, 0) is 13.6 Å². The first kappa shape index (κ1) is 24.7. The van der Waals surface area contributed by atoms with Crippen molar-refractivity contribution in [1.82, 2.24) is 15.1 Å². The van der Waals surface area contributed by atoms with Crippen LogP contribution >= 0.6 is 0 Å². The normalized spacial score (nSPS) is 11.7. The van der Waals surface area contributed by atoms with Gasteiger partial charge in [0.05, 0.1) is 13.3 Å². The van der Waals surface area contributed by atoms with Gasteiger partial charge >= 0.3 is 0 Å². The number of nitrogens with one attached hydrogen (secondary N) is 2. The molecule has 1 amide bonds. The van der Waals surface area contributed by atoms with E-state index in [0.717, 1.165) is 11.1 Å². The number of hydrogen-bond acceptors (Lipinski definition) is 8. The molecule has 4 aromatic rings. The lowest BCUT2D eigenvalue weighted by Gasteiger charge is -2.15. The summed E-state index contributed by atoms with van der Waals surface area (Å²) in [5.74, 6) is 2.25. The maximum absolute atomic E-state index is 13.0. The second-order valence-electron chi connectivity index (χ2n) is 8.65. The number of benzene rings is 3. The minimum atomic E-state index is -0.397. The Balaban J connectivity index is 1.34. The lowest BCUT2D eigenvalue weighted by molar-refractivity contribution is 0.0951. The van der Waals surface area contributed by atoms with E-state index in [1.54, 1.807) is 44.5 Å². The Morgan fingerprint density at radius 1 is 1.03 bits per heavy atom. The Morgan fingerprint density at radius 3 is 2.71 bits per heavy atom. The molecule has 10 heteroatoms. The molecular formula is C28H26N4O6. The van der Waals surface area contributed by atoms with E-state index in [4.69, 9.17) is 18.9 Å². The molecule has 0 atom stereocenters. The van der Waals surface area contributed by atoms with E-state index in [9.17, 15) is 9.59 Å². The third-order valence-electron chi connectivity index (χ3n) is 5.93. The van der Waals surface area contributed by atoms with Crippen LogP contribution in [0.1, 0.15) is 21.5 Å². The van der Waals surface area contributed by atoms with Gasteiger partial charge < -0.3 is 29.6 Å². The van der Waals surface area contributed by atoms with Crippen LogP contribution in [0.3, 0.4) is 0 Å². The number of fused-ring (bicyclic) bond motifs is 1. The van der Waals surface area contributed by atoms with Gasteiger partial charge in [-0.25, -0.2) is 4.68 Å². The highest BCUT2D eigenvalue weighted by Gasteiger charge is 2.17. The maximum Gasteiger partial charge on any atom is 0.294 e. The van der Waals surface area contributed by atoms with Gasteiger partial charge in [-0.1, -0.05) is 18.2 Å². The fourth-order valence-electron chi connectivity index (χ4n) is 3.91. The highest BCUT2D eigenvalue weighted by Crippen LogP contribution is 2.35. The molecule has 0 aliphatic carbocycles. The summed E-state index contributed by atoms with van der Waals surface area (Å²) in [6.07, 6.45) is 1.45. The lowest BCUT2D eigenvalue weighted by Crippen LogP contribution is -2.23. The molecule has 1 aliphatic rings. The third-order valence-corrected chi connectivity index (χ3v) is 5.93. The average Bonchev–Trinajstić information content (AvgIpc) is 3.40. The van der Waals surface area contributed by atoms with Crippen molar-refractivity contribution >= 4 is 17.3 Å². The predicted molar refractivity (Wildman–Crippen MR) is 141 cm³/mol. The standard InChI is InChI=1S/C28H26N4O6/c1-17-7-9-22(23(11-17)35-3)38-25-15-30-32(2)28(34)26(25)31-20-6-4-5-19(13-20)27(33)29-14-18-8-10-21-24(12-18)37-16-36-21/h4-13,15,31H,14,16H2,1-3H3,(H,29,33). The summed E-state index contributed by atoms with van der Waals surface area (Å²) in [5.41, 5.74) is 2.61. The van der Waals surface area contributed by atoms with Gasteiger partial charge in [0.15, 0.2) is 34.4 Å². The number of carbonyl (C=O) groups is 1. The molecule has 10 nitrogen and oxygen atoms in total. The first-order valence-corrected chi connectivity index (χ1v) is 11.8. The fraction of sp³-hybridized carbons (Fsp3) is 0.179. The molecule has 0 spiro atoms. The van der Waals surface area contributed by atoms with Crippen molar-refractivity contribution in [2.45, 2.75) is 13.5 Å². The molecule has 0 fully saturated rings. The average molecular weight is 515 g/mol. The first-order valence-electron chi connectivity index (χ1n) is 11.8. The van der Waals surface area contributed by atoms with Crippen molar-refractivity contribution < 1.29 is 23.7 Å². The number of rotatable bonds is 8. The highest BCUT2D eigenvalue weighted by atomic mass is 16.7. The van der Waals surface area contributed by atoms with Crippen LogP contribution in [0, 0.1) is 6.92 Å². The summed E-state index contributed by atoms with van der Waals surface area (Å²) in [7, 11) is 3.09. The van der Waals surface area contributed by atoms with Crippen LogP contribution < -0.4 is 35.1 Å². The minimum Gasteiger partial charge on any atom is -0.493 e. The molecule has 2 N–H and O–H groups in total. The van der Waals surface area contributed by atoms with E-state index in [0.29, 0.717) is 40.8 Å². The van der Waals surface area contributed by atoms with Crippen molar-refractivity contribution in [3.63, 3.8) is 0 Å². The molecule has 194 valence electrons. The topological polar surface area (TPSA) is 113 Å². The van der Waals surface area contributed by atoms with E-state index in [2.05, 4.69) is 15.7 Å². The molecule has 2 heterocycles. The molecule has 1 aliphatic heterocycles. The van der Waals surface area contributed by atoms with E-state index >= 15 is 0 Å². The monoisotopic (exact) mass is 514 g/mol. The summed E-state index contributed by atoms with van der Waals surface area (Å²) >= 11 is 0. The van der Waals surface area contributed by atoms with Gasteiger partial charge in [-0.05, 0) is 60.5 Å². The van der Waals surface area contributed by atoms with Crippen LogP contribution in [0.25, 0.3) is 0 Å². The fourth-order valence-corrected chi connectivity index (χ4v) is 3.91. The summed E-state index contributed by atoms with van der Waals surface area (Å²) in [4.78, 5) is 25.9. The molecule has 0 saturated heterocycles. The van der Waals surface area contributed by atoms with Gasteiger partial charge in [-0.2, -0.15) is 5.10 Å². The van der Waals surface area contributed by atoms with Crippen molar-refractivity contribution in [1.29, 1.82) is 0 Å². The van der Waals surface area contributed by atoms with Crippen LogP contribution in [0.2, 0.25) is 0 Å². The van der Waals surface area contributed by atoms with Crippen molar-refractivity contribution in [2.75, 3.05) is 19.2 Å². The number of nitrogens with zero attached hydrogens (tertiary/aromatic N) is 2. The van der Waals surface area contributed by atoms with E-state index in [1.165, 1.54) is 10.9 Å². The van der Waals surface area contributed by atoms with Crippen LogP contribution in [-0.4, -0.2) is 29.6 Å². The van der Waals surface area contributed by atoms with Crippen LogP contribution in [0.15, 0.2) is 71.7 Å². The largest absolute Gasteiger partial charge is 0.493 e. The third kappa shape index (κ3) is 5.24. The predicted octanol–water partition coefficient (Wildman–Crippen LogP) is 4.29. The Morgan fingerprint density at radius 2 is 1.87 bits per heavy atom. The van der Waals surface area contributed by atoms with Crippen molar-refractivity contribution in [3.05, 3.63) is 93.9 Å². The SMILES string of the molecule is COc1cc(C)ccc1Oc1cnn(C)c(=O)c1Nc1cccc(C(=O)NCc2ccc3c(c2)OCO3)c1. The quantitative estimate of drug-likeness (QED) is 0.358. The Kier molecular flexibility index (Phi) is 6.86. The second-order valence-corrected chi connectivity index (χ2v) is 8.65. The number of carbonyl (C=O) groups excluding carboxylic acids is 1. The van der Waals surface area contributed by atoms with E-state index < -0.39 is 5.56 Å². The van der Waals surface area contributed by atoms with Crippen LogP contribution in [0.5, 0.6) is 28.7 Å². The first-order chi connectivity index (χ1) is 18.4. The number of aromatic nitrogens is 2. The molecule has 0 unspecified atom stereocenters. The molecule has 5 rings (SSSR count). The van der Waals surface area contributed by atoms with E-state index in [1.807, 2.05) is 37.3 Å². The molecule has 0 bridgehead atoms. The smallest absolute Gasteiger partial charge is 0.294 e. The van der Waals surface area contributed by atoms with Gasteiger partial charge in [-0.15, -0.1) is 0 Å². The zero-order valence-electron chi connectivity index (χ0n) is 21.1. The van der Waals surface area contributed by atoms with Crippen molar-refractivity contribution in [3.8, 4) is 28.7 Å². The zero-order valence-corrected chi connectivity index (χ0v) is 21.1. The van der Waals surface area contributed by atoms with Gasteiger partial charge in [0.25, 0.3) is 11.5 Å². The summed E-state index contributed by atoms with van der Waals surface area (Å²) < 4.78 is 23.4. The van der Waals surface area contributed by atoms with Crippen molar-refractivity contribution in [2.24, 2.45) is 7.05 Å². The molecule has 3 aromatic carbocycles. The van der Waals surface area contributed by atoms with Gasteiger partial charge in [0.2, 0.25) is 6.79 Å². The second kappa shape index (κ2) is 10.6. The minimum absolute atomic E-state index is 0.169. The highest BCUT2D eigenvalue weighted by molar-refractivity contribution is 5.95. The summed E-state index contributed by atoms with van der Waals surface area (Å²) in [5, 5.41) is 10.1. The zero-order chi connectivity index (χ0) is 26.6. The number of anilines is 2. The maximum atomic E-state index is 13.0. The van der Waals surface area contributed by atoms with E-state index in [-0.39, 0.29) is 24.1 Å². The number of amides is 1. The Bertz CT molecular complexity index is 1570.